The van der Waals surface area contributed by atoms with Gasteiger partial charge >= 0.3 is 0 Å². The zero-order valence-electron chi connectivity index (χ0n) is 12.5. The van der Waals surface area contributed by atoms with Gasteiger partial charge in [0.1, 0.15) is 0 Å². The molecule has 1 aliphatic heterocycles. The zero-order chi connectivity index (χ0) is 14.7. The van der Waals surface area contributed by atoms with Gasteiger partial charge in [-0.25, -0.2) is 0 Å². The molecular weight excluding hydrogens is 260 g/mol. The van der Waals surface area contributed by atoms with E-state index in [-0.39, 0.29) is 12.0 Å². The molecular formula is C18H24N2O. The lowest BCUT2D eigenvalue weighted by Gasteiger charge is -2.43. The number of aliphatic hydroxyl groups is 1. The lowest BCUT2D eigenvalue weighted by Crippen LogP contribution is -2.49. The normalized spacial score (nSPS) is 34.3. The Balaban J connectivity index is 1.74. The van der Waals surface area contributed by atoms with Crippen LogP contribution in [0, 0.1) is 17.2 Å². The van der Waals surface area contributed by atoms with Crippen molar-refractivity contribution in [1.29, 1.82) is 5.26 Å². The maximum absolute atomic E-state index is 9.93. The Hall–Kier alpha value is -1.37. The van der Waals surface area contributed by atoms with Crippen molar-refractivity contribution in [2.45, 2.75) is 50.2 Å². The second-order valence-corrected chi connectivity index (χ2v) is 6.51. The molecule has 3 heteroatoms. The van der Waals surface area contributed by atoms with Crippen LogP contribution in [0.2, 0.25) is 0 Å². The van der Waals surface area contributed by atoms with Crippen LogP contribution in [-0.4, -0.2) is 35.2 Å². The number of hydrogen-bond acceptors (Lipinski definition) is 3. The van der Waals surface area contributed by atoms with Crippen molar-refractivity contribution in [1.82, 2.24) is 4.90 Å². The number of aliphatic hydroxyl groups excluding tert-OH is 1. The Bertz CT molecular complexity index is 496. The lowest BCUT2D eigenvalue weighted by atomic mass is 9.75. The Morgan fingerprint density at radius 3 is 2.67 bits per heavy atom. The average Bonchev–Trinajstić information content (AvgIpc) is 2.55. The van der Waals surface area contributed by atoms with Crippen LogP contribution in [0.25, 0.3) is 0 Å². The van der Waals surface area contributed by atoms with Gasteiger partial charge in [-0.1, -0.05) is 30.3 Å². The topological polar surface area (TPSA) is 47.3 Å². The molecule has 3 nitrogen and oxygen atoms in total. The second-order valence-electron chi connectivity index (χ2n) is 6.51. The van der Waals surface area contributed by atoms with Gasteiger partial charge in [-0.05, 0) is 50.1 Å². The van der Waals surface area contributed by atoms with Crippen molar-refractivity contribution in [3.63, 3.8) is 0 Å². The van der Waals surface area contributed by atoms with Gasteiger partial charge in [-0.3, -0.25) is 4.90 Å². The van der Waals surface area contributed by atoms with Gasteiger partial charge in [0.05, 0.1) is 18.1 Å². The Kier molecular flexibility index (Phi) is 4.57. The molecule has 4 unspecified atom stereocenters. The monoisotopic (exact) mass is 284 g/mol. The fourth-order valence-electron chi connectivity index (χ4n) is 4.01. The smallest absolute Gasteiger partial charge is 0.0672 e. The summed E-state index contributed by atoms with van der Waals surface area (Å²) in [5.74, 6) is 0.676. The highest BCUT2D eigenvalue weighted by Crippen LogP contribution is 2.38. The third kappa shape index (κ3) is 3.28. The summed E-state index contributed by atoms with van der Waals surface area (Å²) in [5.41, 5.74) is 1.40. The number of β-amino-alcohol motifs (C(OH)–C–C–N with tert-alkyl or cyclic N) is 1. The minimum atomic E-state index is -0.213. The quantitative estimate of drug-likeness (QED) is 0.908. The molecule has 1 saturated heterocycles. The molecule has 0 spiro atoms. The summed E-state index contributed by atoms with van der Waals surface area (Å²) in [6, 6.07) is 13.5. The summed E-state index contributed by atoms with van der Waals surface area (Å²) in [6.07, 6.45) is 4.88. The number of nitrogens with zero attached hydrogens (tertiary/aromatic N) is 2. The highest BCUT2D eigenvalue weighted by molar-refractivity contribution is 5.21. The summed E-state index contributed by atoms with van der Waals surface area (Å²) in [7, 11) is 0. The molecule has 1 aromatic rings. The molecule has 0 aromatic heterocycles. The summed E-state index contributed by atoms with van der Waals surface area (Å²) < 4.78 is 0. The van der Waals surface area contributed by atoms with Gasteiger partial charge in [0.15, 0.2) is 0 Å². The molecule has 1 saturated carbocycles. The molecule has 2 fully saturated rings. The van der Waals surface area contributed by atoms with E-state index in [4.69, 9.17) is 0 Å². The van der Waals surface area contributed by atoms with E-state index in [1.807, 2.05) is 0 Å². The number of piperidine rings is 1. The highest BCUT2D eigenvalue weighted by atomic mass is 16.3. The van der Waals surface area contributed by atoms with Crippen LogP contribution in [0.5, 0.6) is 0 Å². The maximum atomic E-state index is 9.93. The molecule has 1 heterocycles. The van der Waals surface area contributed by atoms with E-state index in [0.29, 0.717) is 12.0 Å². The second kappa shape index (κ2) is 6.60. The van der Waals surface area contributed by atoms with E-state index < -0.39 is 0 Å². The fraction of sp³-hybridized carbons (Fsp3) is 0.611. The van der Waals surface area contributed by atoms with Crippen LogP contribution in [0.15, 0.2) is 30.3 Å². The van der Waals surface area contributed by atoms with Gasteiger partial charge < -0.3 is 5.11 Å². The molecule has 1 N–H and O–H groups in total. The molecule has 0 amide bonds. The fourth-order valence-corrected chi connectivity index (χ4v) is 4.01. The lowest BCUT2D eigenvalue weighted by molar-refractivity contribution is 0.0224. The third-order valence-electron chi connectivity index (χ3n) is 5.15. The summed E-state index contributed by atoms with van der Waals surface area (Å²) >= 11 is 0. The minimum absolute atomic E-state index is 0.121. The van der Waals surface area contributed by atoms with Crippen LogP contribution in [0.1, 0.15) is 43.6 Å². The summed E-state index contributed by atoms with van der Waals surface area (Å²) in [6.45, 7) is 1.77. The molecule has 1 aliphatic carbocycles. The van der Waals surface area contributed by atoms with Crippen LogP contribution < -0.4 is 0 Å². The van der Waals surface area contributed by atoms with Crippen LogP contribution in [0.4, 0.5) is 0 Å². The van der Waals surface area contributed by atoms with Gasteiger partial charge in [0, 0.05) is 12.6 Å². The standard InChI is InChI=1S/C18H24N2O/c19-12-16-9-8-15(14-5-2-1-3-6-14)11-18(16)20-10-4-7-17(21)13-20/h1-3,5-6,15-18,21H,4,7-11,13H2. The predicted octanol–water partition coefficient (Wildman–Crippen LogP) is 2.92. The first-order valence-electron chi connectivity index (χ1n) is 8.14. The van der Waals surface area contributed by atoms with Crippen molar-refractivity contribution >= 4 is 0 Å². The molecule has 4 atom stereocenters. The van der Waals surface area contributed by atoms with Gasteiger partial charge in [0.25, 0.3) is 0 Å². The van der Waals surface area contributed by atoms with E-state index in [1.54, 1.807) is 0 Å². The molecule has 0 bridgehead atoms. The first-order chi connectivity index (χ1) is 10.3. The number of likely N-dealkylation sites (tertiary alicyclic amines) is 1. The average molecular weight is 284 g/mol. The summed E-state index contributed by atoms with van der Waals surface area (Å²) in [4.78, 5) is 2.37. The van der Waals surface area contributed by atoms with Crippen molar-refractivity contribution in [2.75, 3.05) is 13.1 Å². The zero-order valence-corrected chi connectivity index (χ0v) is 12.5. The number of hydrogen-bond donors (Lipinski definition) is 1. The number of rotatable bonds is 2. The molecule has 2 aliphatic rings. The maximum Gasteiger partial charge on any atom is 0.0672 e. The number of benzene rings is 1. The van der Waals surface area contributed by atoms with Crippen molar-refractivity contribution in [3.05, 3.63) is 35.9 Å². The van der Waals surface area contributed by atoms with Crippen molar-refractivity contribution < 1.29 is 5.11 Å². The highest BCUT2D eigenvalue weighted by Gasteiger charge is 2.36. The summed E-state index contributed by atoms with van der Waals surface area (Å²) in [5, 5.41) is 19.4. The van der Waals surface area contributed by atoms with E-state index in [2.05, 4.69) is 41.3 Å². The van der Waals surface area contributed by atoms with Crippen LogP contribution in [-0.2, 0) is 0 Å². The van der Waals surface area contributed by atoms with E-state index in [1.165, 1.54) is 5.56 Å². The molecule has 21 heavy (non-hydrogen) atoms. The minimum Gasteiger partial charge on any atom is -0.392 e. The van der Waals surface area contributed by atoms with Crippen molar-refractivity contribution in [2.24, 2.45) is 5.92 Å². The third-order valence-corrected chi connectivity index (χ3v) is 5.15. The Labute approximate surface area is 127 Å². The SMILES string of the molecule is N#CC1CCC(c2ccccc2)CC1N1CCCC(O)C1. The van der Waals surface area contributed by atoms with E-state index >= 15 is 0 Å². The van der Waals surface area contributed by atoms with Gasteiger partial charge in [0.2, 0.25) is 0 Å². The first kappa shape index (κ1) is 14.6. The van der Waals surface area contributed by atoms with Gasteiger partial charge in [-0.15, -0.1) is 0 Å². The van der Waals surface area contributed by atoms with Crippen LogP contribution in [0.3, 0.4) is 0 Å². The molecule has 3 rings (SSSR count). The Morgan fingerprint density at radius 1 is 1.14 bits per heavy atom. The van der Waals surface area contributed by atoms with E-state index in [0.717, 1.165) is 45.2 Å². The number of nitriles is 1. The first-order valence-corrected chi connectivity index (χ1v) is 8.14. The van der Waals surface area contributed by atoms with E-state index in [9.17, 15) is 10.4 Å². The molecule has 112 valence electrons. The predicted molar refractivity (Wildman–Crippen MR) is 82.7 cm³/mol. The van der Waals surface area contributed by atoms with Gasteiger partial charge in [-0.2, -0.15) is 5.26 Å². The molecule has 0 radical (unpaired) electrons. The Morgan fingerprint density at radius 2 is 1.95 bits per heavy atom. The van der Waals surface area contributed by atoms with Crippen LogP contribution >= 0.6 is 0 Å². The van der Waals surface area contributed by atoms with Crippen molar-refractivity contribution in [3.8, 4) is 6.07 Å². The molecule has 1 aromatic carbocycles. The largest absolute Gasteiger partial charge is 0.392 e.